The van der Waals surface area contributed by atoms with Crippen LogP contribution in [0, 0.1) is 0 Å². The number of anilines is 3. The van der Waals surface area contributed by atoms with Gasteiger partial charge in [0.1, 0.15) is 0 Å². The summed E-state index contributed by atoms with van der Waals surface area (Å²) in [4.78, 5) is 2.63. The SMILES string of the molecule is CC(C)(C)c1cc(-c2cc(C(C)(C)C)cc(C(C)(C)C)c2)cc(-c2ccccc2N(c2ccc(C(C)(C)C)cc2-c2ccc(-c3cc(C(C)(C)C)cc(C(C)(C)C)c3)cc2)c2ccc3ccc4c(-n5c6ccc(C(C)(C)C)cc6c6cc(C(C)(C)C)ccc65)ccc5ccc2c3c54)c1. The average molecular weight is 1290 g/mol. The van der Waals surface area contributed by atoms with Crippen LogP contribution in [-0.2, 0) is 43.3 Å². The minimum atomic E-state index is -0.146. The van der Waals surface area contributed by atoms with Crippen LogP contribution in [-0.4, -0.2) is 4.57 Å². The zero-order valence-electron chi connectivity index (χ0n) is 63.5. The standard InChI is InChI=1S/C96H106N2/c1-89(2,3)67-37-44-84(78(56-67)60-31-29-59(30-32-60)64-49-71(93(13,14)15)54-72(50-64)94(16,17)18)97(81-28-26-25-27-75(81)66-47-63(48-70(53-66)92(10,11)12)65-51-73(95(19,20)21)55-74(52-65)96(22,23)24)82-42-35-61-34-41-77-83(43-36-62-33-40-76(82)87(61)88(62)77)98-85-45-38-68(90(4,5)6)57-79(85)80-58-69(91(7,8)9)39-46-86(80)98/h25-58H,1-24H3. The van der Waals surface area contributed by atoms with E-state index in [4.69, 9.17) is 0 Å². The maximum Gasteiger partial charge on any atom is 0.0541 e. The summed E-state index contributed by atoms with van der Waals surface area (Å²) in [5, 5.41) is 10.0. The Kier molecular flexibility index (Phi) is 16.2. The maximum absolute atomic E-state index is 2.63. The summed E-state index contributed by atoms with van der Waals surface area (Å²) in [5.41, 5.74) is 26.9. The van der Waals surface area contributed by atoms with Gasteiger partial charge in [0, 0.05) is 32.7 Å². The topological polar surface area (TPSA) is 8.17 Å². The molecule has 0 aliphatic rings. The Morgan fingerprint density at radius 3 is 1.07 bits per heavy atom. The fourth-order valence-electron chi connectivity index (χ4n) is 14.7. The van der Waals surface area contributed by atoms with Gasteiger partial charge in [0.05, 0.1) is 33.8 Å². The van der Waals surface area contributed by atoms with Crippen LogP contribution < -0.4 is 4.90 Å². The van der Waals surface area contributed by atoms with Gasteiger partial charge in [-0.3, -0.25) is 0 Å². The number of fused-ring (bicyclic) bond motifs is 3. The van der Waals surface area contributed by atoms with Crippen molar-refractivity contribution in [2.24, 2.45) is 0 Å². The number of rotatable bonds is 8. The molecule has 12 aromatic carbocycles. The van der Waals surface area contributed by atoms with Gasteiger partial charge in [-0.25, -0.2) is 0 Å². The molecule has 0 aliphatic carbocycles. The first-order chi connectivity index (χ1) is 45.6. The number of benzene rings is 12. The first-order valence-electron chi connectivity index (χ1n) is 36.0. The van der Waals surface area contributed by atoms with Gasteiger partial charge in [-0.15, -0.1) is 0 Å². The van der Waals surface area contributed by atoms with E-state index >= 15 is 0 Å². The summed E-state index contributed by atoms with van der Waals surface area (Å²) in [6.45, 7) is 56.2. The average Bonchev–Trinajstić information content (AvgIpc) is 1.23. The van der Waals surface area contributed by atoms with Crippen molar-refractivity contribution in [2.45, 2.75) is 209 Å². The van der Waals surface area contributed by atoms with Crippen LogP contribution in [0.3, 0.4) is 0 Å². The van der Waals surface area contributed by atoms with Crippen LogP contribution in [0.25, 0.3) is 104 Å². The third-order valence-corrected chi connectivity index (χ3v) is 21.1. The van der Waals surface area contributed by atoms with Crippen molar-refractivity contribution in [1.29, 1.82) is 0 Å². The van der Waals surface area contributed by atoms with E-state index in [1.807, 2.05) is 0 Å². The second kappa shape index (κ2) is 23.5. The van der Waals surface area contributed by atoms with Gasteiger partial charge < -0.3 is 9.47 Å². The molecule has 0 aliphatic heterocycles. The Labute approximate surface area is 587 Å². The number of hydrogen-bond donors (Lipinski definition) is 0. The molecule has 0 atom stereocenters. The van der Waals surface area contributed by atoms with Gasteiger partial charge in [0.25, 0.3) is 0 Å². The fourth-order valence-corrected chi connectivity index (χ4v) is 14.7. The highest BCUT2D eigenvalue weighted by atomic mass is 15.1. The zero-order valence-corrected chi connectivity index (χ0v) is 63.5. The second-order valence-corrected chi connectivity index (χ2v) is 37.0. The van der Waals surface area contributed by atoms with Crippen LogP contribution in [0.2, 0.25) is 0 Å². The molecule has 0 unspecified atom stereocenters. The van der Waals surface area contributed by atoms with Crippen molar-refractivity contribution in [3.63, 3.8) is 0 Å². The van der Waals surface area contributed by atoms with Crippen molar-refractivity contribution in [3.8, 4) is 50.2 Å². The van der Waals surface area contributed by atoms with Crippen molar-refractivity contribution in [3.05, 3.63) is 251 Å². The van der Waals surface area contributed by atoms with Crippen molar-refractivity contribution in [1.82, 2.24) is 4.57 Å². The summed E-state index contributed by atoms with van der Waals surface area (Å²) in [6, 6.07) is 81.7. The van der Waals surface area contributed by atoms with Crippen molar-refractivity contribution >= 4 is 71.2 Å². The molecule has 0 fully saturated rings. The van der Waals surface area contributed by atoms with Crippen LogP contribution in [0.15, 0.2) is 206 Å². The van der Waals surface area contributed by atoms with Gasteiger partial charge in [-0.2, -0.15) is 0 Å². The lowest BCUT2D eigenvalue weighted by Gasteiger charge is -2.33. The molecule has 1 heterocycles. The highest BCUT2D eigenvalue weighted by molar-refractivity contribution is 6.28. The van der Waals surface area contributed by atoms with Gasteiger partial charge in [0.2, 0.25) is 0 Å². The minimum absolute atomic E-state index is 0.00591. The van der Waals surface area contributed by atoms with Crippen LogP contribution >= 0.6 is 0 Å². The first-order valence-corrected chi connectivity index (χ1v) is 36.0. The number of para-hydroxylation sites is 1. The smallest absolute Gasteiger partial charge is 0.0541 e. The molecule has 0 saturated carbocycles. The summed E-state index contributed by atoms with van der Waals surface area (Å²) in [7, 11) is 0. The van der Waals surface area contributed by atoms with Crippen LogP contribution in [0.1, 0.15) is 211 Å². The molecule has 2 nitrogen and oxygen atoms in total. The lowest BCUT2D eigenvalue weighted by Crippen LogP contribution is -2.17. The Hall–Kier alpha value is -8.72. The van der Waals surface area contributed by atoms with Gasteiger partial charge in [-0.05, 0) is 203 Å². The van der Waals surface area contributed by atoms with Crippen molar-refractivity contribution < 1.29 is 0 Å². The molecule has 0 bridgehead atoms. The highest BCUT2D eigenvalue weighted by Crippen LogP contribution is 2.52. The molecule has 13 aromatic rings. The summed E-state index contributed by atoms with van der Waals surface area (Å²) < 4.78 is 2.56. The Morgan fingerprint density at radius 2 is 0.582 bits per heavy atom. The Morgan fingerprint density at radius 1 is 0.224 bits per heavy atom. The molecule has 0 N–H and O–H groups in total. The molecule has 1 aromatic heterocycles. The monoisotopic (exact) mass is 1290 g/mol. The van der Waals surface area contributed by atoms with E-state index in [0.717, 1.165) is 17.1 Å². The first kappa shape index (κ1) is 67.8. The third-order valence-electron chi connectivity index (χ3n) is 21.1. The van der Waals surface area contributed by atoms with E-state index in [1.165, 1.54) is 149 Å². The predicted octanol–water partition coefficient (Wildman–Crippen LogP) is 28.2. The van der Waals surface area contributed by atoms with E-state index in [0.29, 0.717) is 0 Å². The number of hydrogen-bond acceptors (Lipinski definition) is 1. The number of nitrogens with zero attached hydrogens (tertiary/aromatic N) is 2. The summed E-state index contributed by atoms with van der Waals surface area (Å²) >= 11 is 0. The zero-order chi connectivity index (χ0) is 70.5. The summed E-state index contributed by atoms with van der Waals surface area (Å²) in [5.74, 6) is 0. The van der Waals surface area contributed by atoms with E-state index < -0.39 is 0 Å². The van der Waals surface area contributed by atoms with E-state index in [9.17, 15) is 0 Å². The molecule has 0 amide bonds. The molecule has 500 valence electrons. The summed E-state index contributed by atoms with van der Waals surface area (Å²) in [6.07, 6.45) is 0. The van der Waals surface area contributed by atoms with E-state index in [2.05, 4.69) is 382 Å². The molecule has 0 saturated heterocycles. The van der Waals surface area contributed by atoms with Gasteiger partial charge >= 0.3 is 0 Å². The minimum Gasteiger partial charge on any atom is -0.309 e. The van der Waals surface area contributed by atoms with Crippen LogP contribution in [0.4, 0.5) is 17.1 Å². The molecule has 98 heavy (non-hydrogen) atoms. The molecule has 13 rings (SSSR count). The molecular formula is C96H106N2. The molecule has 2 heteroatoms. The lowest BCUT2D eigenvalue weighted by atomic mass is 9.78. The predicted molar refractivity (Wildman–Crippen MR) is 431 cm³/mol. The second-order valence-electron chi connectivity index (χ2n) is 37.0. The lowest BCUT2D eigenvalue weighted by molar-refractivity contribution is 0.568. The molecule has 0 radical (unpaired) electrons. The van der Waals surface area contributed by atoms with E-state index in [1.54, 1.807) is 0 Å². The highest BCUT2D eigenvalue weighted by Gasteiger charge is 2.31. The maximum atomic E-state index is 2.63. The van der Waals surface area contributed by atoms with Crippen LogP contribution in [0.5, 0.6) is 0 Å². The quantitative estimate of drug-likeness (QED) is 0.138. The normalized spacial score (nSPS) is 13.3. The van der Waals surface area contributed by atoms with Crippen molar-refractivity contribution in [2.75, 3.05) is 4.90 Å². The Bertz CT molecular complexity index is 5110. The molecule has 0 spiro atoms. The Balaban J connectivity index is 1.10. The third kappa shape index (κ3) is 12.6. The van der Waals surface area contributed by atoms with E-state index in [-0.39, 0.29) is 43.3 Å². The number of aromatic nitrogens is 1. The molecular weight excluding hydrogens is 1180 g/mol. The fraction of sp³-hybridized carbons (Fsp3) is 0.333. The van der Waals surface area contributed by atoms with Gasteiger partial charge in [0.15, 0.2) is 0 Å². The largest absolute Gasteiger partial charge is 0.309 e. The van der Waals surface area contributed by atoms with Gasteiger partial charge in [-0.1, -0.05) is 312 Å².